The zero-order valence-electron chi connectivity index (χ0n) is 16.1. The van der Waals surface area contributed by atoms with Gasteiger partial charge < -0.3 is 14.6 Å². The van der Waals surface area contributed by atoms with E-state index < -0.39 is 0 Å². The lowest BCUT2D eigenvalue weighted by Crippen LogP contribution is -2.20. The summed E-state index contributed by atoms with van der Waals surface area (Å²) >= 11 is 0. The summed E-state index contributed by atoms with van der Waals surface area (Å²) in [6.45, 7) is 1.46. The molecular weight excluding hydrogens is 385 g/mol. The number of hydrogen-bond donors (Lipinski definition) is 1. The number of amides is 1. The van der Waals surface area contributed by atoms with Crippen LogP contribution in [0.5, 0.6) is 5.75 Å². The normalized spacial score (nSPS) is 10.6. The van der Waals surface area contributed by atoms with Gasteiger partial charge in [-0.2, -0.15) is 4.98 Å². The second-order valence-corrected chi connectivity index (χ2v) is 6.61. The molecule has 0 atom stereocenters. The molecule has 30 heavy (non-hydrogen) atoms. The summed E-state index contributed by atoms with van der Waals surface area (Å²) in [5, 5.41) is 6.60. The number of ether oxygens (including phenoxy) is 1. The Morgan fingerprint density at radius 1 is 1.03 bits per heavy atom. The molecule has 7 heteroatoms. The molecule has 6 nitrogen and oxygen atoms in total. The number of hydrogen-bond acceptors (Lipinski definition) is 5. The van der Waals surface area contributed by atoms with Crippen molar-refractivity contribution in [3.63, 3.8) is 0 Å². The molecule has 0 unspecified atom stereocenters. The maximum atomic E-state index is 13.6. The van der Waals surface area contributed by atoms with Gasteiger partial charge in [0.25, 0.3) is 11.8 Å². The smallest absolute Gasteiger partial charge is 0.262 e. The fourth-order valence-electron chi connectivity index (χ4n) is 2.76. The molecule has 1 aromatic heterocycles. The predicted molar refractivity (Wildman–Crippen MR) is 110 cm³/mol. The second-order valence-electron chi connectivity index (χ2n) is 6.61. The SMILES string of the molecule is Cc1ccc(NC(=O)COc2ccc(-c3nc(-c4ccccc4)no3)cc2)cc1F. The van der Waals surface area contributed by atoms with E-state index in [1.54, 1.807) is 43.3 Å². The average Bonchev–Trinajstić information content (AvgIpc) is 3.26. The van der Waals surface area contributed by atoms with Crippen LogP contribution in [0, 0.1) is 12.7 Å². The van der Waals surface area contributed by atoms with Crippen LogP contribution in [-0.2, 0) is 4.79 Å². The number of carbonyl (C=O) groups is 1. The third-order valence-electron chi connectivity index (χ3n) is 4.38. The largest absolute Gasteiger partial charge is 0.484 e. The van der Waals surface area contributed by atoms with Gasteiger partial charge >= 0.3 is 0 Å². The van der Waals surface area contributed by atoms with E-state index in [4.69, 9.17) is 9.26 Å². The first-order chi connectivity index (χ1) is 14.6. The molecule has 0 bridgehead atoms. The van der Waals surface area contributed by atoms with Crippen molar-refractivity contribution in [2.45, 2.75) is 6.92 Å². The standard InChI is InChI=1S/C23H18FN3O3/c1-15-7-10-18(13-20(15)24)25-21(28)14-29-19-11-8-17(9-12-19)23-26-22(27-30-23)16-5-3-2-4-6-16/h2-13H,14H2,1H3,(H,25,28). The summed E-state index contributed by atoms with van der Waals surface area (Å²) in [5.74, 6) is 0.647. The Bertz CT molecular complexity index is 1160. The van der Waals surface area contributed by atoms with Gasteiger partial charge in [0, 0.05) is 16.8 Å². The molecular formula is C23H18FN3O3. The van der Waals surface area contributed by atoms with E-state index in [1.165, 1.54) is 6.07 Å². The zero-order valence-corrected chi connectivity index (χ0v) is 16.1. The van der Waals surface area contributed by atoms with E-state index in [9.17, 15) is 9.18 Å². The van der Waals surface area contributed by atoms with Crippen LogP contribution >= 0.6 is 0 Å². The summed E-state index contributed by atoms with van der Waals surface area (Å²) in [4.78, 5) is 16.4. The number of nitrogens with one attached hydrogen (secondary N) is 1. The second kappa shape index (κ2) is 8.57. The van der Waals surface area contributed by atoms with E-state index in [-0.39, 0.29) is 18.3 Å². The third-order valence-corrected chi connectivity index (χ3v) is 4.38. The minimum Gasteiger partial charge on any atom is -0.484 e. The van der Waals surface area contributed by atoms with Gasteiger partial charge in [0.15, 0.2) is 6.61 Å². The lowest BCUT2D eigenvalue weighted by molar-refractivity contribution is -0.118. The highest BCUT2D eigenvalue weighted by Crippen LogP contribution is 2.24. The molecule has 0 saturated heterocycles. The van der Waals surface area contributed by atoms with Crippen LogP contribution in [0.15, 0.2) is 77.3 Å². The number of aromatic nitrogens is 2. The monoisotopic (exact) mass is 403 g/mol. The zero-order chi connectivity index (χ0) is 20.9. The van der Waals surface area contributed by atoms with Gasteiger partial charge in [-0.05, 0) is 48.9 Å². The van der Waals surface area contributed by atoms with E-state index in [0.717, 1.165) is 11.1 Å². The van der Waals surface area contributed by atoms with Crippen molar-refractivity contribution < 1.29 is 18.4 Å². The lowest BCUT2D eigenvalue weighted by Gasteiger charge is -2.08. The number of carbonyl (C=O) groups excluding carboxylic acids is 1. The van der Waals surface area contributed by atoms with Crippen LogP contribution < -0.4 is 10.1 Å². The molecule has 1 N–H and O–H groups in total. The molecule has 0 fully saturated rings. The molecule has 0 radical (unpaired) electrons. The Morgan fingerprint density at radius 3 is 2.53 bits per heavy atom. The van der Waals surface area contributed by atoms with Crippen molar-refractivity contribution in [2.75, 3.05) is 11.9 Å². The fourth-order valence-corrected chi connectivity index (χ4v) is 2.76. The van der Waals surface area contributed by atoms with Crippen molar-refractivity contribution in [1.29, 1.82) is 0 Å². The highest BCUT2D eigenvalue weighted by molar-refractivity contribution is 5.91. The van der Waals surface area contributed by atoms with Crippen molar-refractivity contribution >= 4 is 11.6 Å². The number of anilines is 1. The molecule has 3 aromatic carbocycles. The van der Waals surface area contributed by atoms with E-state index in [1.807, 2.05) is 30.3 Å². The lowest BCUT2D eigenvalue weighted by atomic mass is 10.2. The topological polar surface area (TPSA) is 77.2 Å². The highest BCUT2D eigenvalue weighted by atomic mass is 19.1. The molecule has 0 aliphatic rings. The quantitative estimate of drug-likeness (QED) is 0.497. The molecule has 1 heterocycles. The van der Waals surface area contributed by atoms with Gasteiger partial charge in [0.2, 0.25) is 5.82 Å². The van der Waals surface area contributed by atoms with Crippen molar-refractivity contribution in [1.82, 2.24) is 10.1 Å². The van der Waals surface area contributed by atoms with E-state index in [2.05, 4.69) is 15.5 Å². The van der Waals surface area contributed by atoms with Gasteiger partial charge in [-0.3, -0.25) is 4.79 Å². The van der Waals surface area contributed by atoms with Gasteiger partial charge in [0.1, 0.15) is 11.6 Å². The first kappa shape index (κ1) is 19.3. The Balaban J connectivity index is 1.35. The van der Waals surface area contributed by atoms with Crippen LogP contribution in [0.3, 0.4) is 0 Å². The summed E-state index contributed by atoms with van der Waals surface area (Å²) in [5.41, 5.74) is 2.50. The third kappa shape index (κ3) is 4.52. The van der Waals surface area contributed by atoms with Gasteiger partial charge in [-0.15, -0.1) is 0 Å². The number of halogens is 1. The van der Waals surface area contributed by atoms with E-state index in [0.29, 0.717) is 28.7 Å². The summed E-state index contributed by atoms with van der Waals surface area (Å²) < 4.78 is 24.4. The molecule has 0 aliphatic heterocycles. The molecule has 4 rings (SSSR count). The Morgan fingerprint density at radius 2 is 1.80 bits per heavy atom. The van der Waals surface area contributed by atoms with E-state index >= 15 is 0 Å². The van der Waals surface area contributed by atoms with Crippen LogP contribution in [0.1, 0.15) is 5.56 Å². The molecule has 0 aliphatic carbocycles. The number of nitrogens with zero attached hydrogens (tertiary/aromatic N) is 2. The minimum atomic E-state index is -0.383. The van der Waals surface area contributed by atoms with Gasteiger partial charge in [-0.1, -0.05) is 41.6 Å². The molecule has 4 aromatic rings. The Hall–Kier alpha value is -4.00. The Kier molecular flexibility index (Phi) is 5.52. The maximum Gasteiger partial charge on any atom is 0.262 e. The molecule has 0 saturated carbocycles. The Labute approximate surface area is 172 Å². The fraction of sp³-hybridized carbons (Fsp3) is 0.0870. The van der Waals surface area contributed by atoms with Crippen molar-refractivity contribution in [2.24, 2.45) is 0 Å². The van der Waals surface area contributed by atoms with Gasteiger partial charge in [0.05, 0.1) is 0 Å². The molecule has 0 spiro atoms. The summed E-state index contributed by atoms with van der Waals surface area (Å²) in [6.07, 6.45) is 0. The first-order valence-electron chi connectivity index (χ1n) is 9.27. The van der Waals surface area contributed by atoms with Crippen molar-refractivity contribution in [3.05, 3.63) is 84.2 Å². The van der Waals surface area contributed by atoms with Gasteiger partial charge in [-0.25, -0.2) is 4.39 Å². The summed E-state index contributed by atoms with van der Waals surface area (Å²) in [6, 6.07) is 21.0. The minimum absolute atomic E-state index is 0.201. The van der Waals surface area contributed by atoms with Crippen molar-refractivity contribution in [3.8, 4) is 28.6 Å². The summed E-state index contributed by atoms with van der Waals surface area (Å²) in [7, 11) is 0. The highest BCUT2D eigenvalue weighted by Gasteiger charge is 2.11. The molecule has 150 valence electrons. The number of benzene rings is 3. The van der Waals surface area contributed by atoms with Crippen LogP contribution in [-0.4, -0.2) is 22.7 Å². The number of rotatable bonds is 6. The maximum absolute atomic E-state index is 13.6. The molecule has 1 amide bonds. The van der Waals surface area contributed by atoms with Crippen LogP contribution in [0.2, 0.25) is 0 Å². The average molecular weight is 403 g/mol. The van der Waals surface area contributed by atoms with Crippen LogP contribution in [0.25, 0.3) is 22.8 Å². The predicted octanol–water partition coefficient (Wildman–Crippen LogP) is 4.87. The first-order valence-corrected chi connectivity index (χ1v) is 9.27. The number of aryl methyl sites for hydroxylation is 1. The van der Waals surface area contributed by atoms with Crippen LogP contribution in [0.4, 0.5) is 10.1 Å².